The van der Waals surface area contributed by atoms with Gasteiger partial charge in [0.05, 0.1) is 12.2 Å². The quantitative estimate of drug-likeness (QED) is 0.893. The third-order valence-electron chi connectivity index (χ3n) is 3.25. The highest BCUT2D eigenvalue weighted by Crippen LogP contribution is 2.26. The minimum Gasteiger partial charge on any atom is -0.372 e. The molecule has 2 atom stereocenters. The minimum atomic E-state index is -0.162. The molecule has 100 valence electrons. The van der Waals surface area contributed by atoms with E-state index < -0.39 is 0 Å². The predicted molar refractivity (Wildman–Crippen MR) is 71.4 cm³/mol. The van der Waals surface area contributed by atoms with Crippen molar-refractivity contribution < 1.29 is 9.13 Å². The van der Waals surface area contributed by atoms with Gasteiger partial charge >= 0.3 is 0 Å². The zero-order chi connectivity index (χ0) is 13.1. The maximum absolute atomic E-state index is 13.9. The number of nitrogens with zero attached hydrogens (tertiary/aromatic N) is 1. The minimum absolute atomic E-state index is 0.162. The third kappa shape index (κ3) is 2.82. The smallest absolute Gasteiger partial charge is 0.128 e. The molecule has 1 aromatic rings. The molecular weight excluding hydrogens is 231 g/mol. The van der Waals surface area contributed by atoms with Crippen molar-refractivity contribution in [1.29, 1.82) is 0 Å². The van der Waals surface area contributed by atoms with Crippen molar-refractivity contribution in [2.45, 2.75) is 32.5 Å². The van der Waals surface area contributed by atoms with Gasteiger partial charge in [0.1, 0.15) is 5.82 Å². The van der Waals surface area contributed by atoms with Crippen molar-refractivity contribution in [2.24, 2.45) is 5.73 Å². The van der Waals surface area contributed by atoms with Crippen LogP contribution in [0.2, 0.25) is 0 Å². The van der Waals surface area contributed by atoms with Crippen molar-refractivity contribution in [3.63, 3.8) is 0 Å². The molecule has 3 nitrogen and oxygen atoms in total. The van der Waals surface area contributed by atoms with Gasteiger partial charge in [0.25, 0.3) is 0 Å². The van der Waals surface area contributed by atoms with Crippen LogP contribution in [0.4, 0.5) is 10.1 Å². The summed E-state index contributed by atoms with van der Waals surface area (Å²) in [5.41, 5.74) is 7.26. The average molecular weight is 252 g/mol. The molecule has 1 aliphatic heterocycles. The molecule has 1 fully saturated rings. The van der Waals surface area contributed by atoms with Crippen molar-refractivity contribution in [3.05, 3.63) is 29.6 Å². The van der Waals surface area contributed by atoms with Crippen LogP contribution in [-0.2, 0) is 11.2 Å². The van der Waals surface area contributed by atoms with Gasteiger partial charge in [0.2, 0.25) is 0 Å². The number of ether oxygens (including phenoxy) is 1. The number of rotatable bonds is 3. The summed E-state index contributed by atoms with van der Waals surface area (Å²) < 4.78 is 19.6. The van der Waals surface area contributed by atoms with Gasteiger partial charge in [0.15, 0.2) is 0 Å². The Bertz CT molecular complexity index is 401. The summed E-state index contributed by atoms with van der Waals surface area (Å²) in [7, 11) is 0. The first-order valence-corrected chi connectivity index (χ1v) is 6.49. The molecule has 0 bridgehead atoms. The van der Waals surface area contributed by atoms with E-state index in [9.17, 15) is 4.39 Å². The molecule has 2 rings (SSSR count). The lowest BCUT2D eigenvalue weighted by Gasteiger charge is -2.37. The Morgan fingerprint density at radius 2 is 2.00 bits per heavy atom. The summed E-state index contributed by atoms with van der Waals surface area (Å²) in [5, 5.41) is 0. The van der Waals surface area contributed by atoms with Crippen LogP contribution >= 0.6 is 0 Å². The number of hydrogen-bond donors (Lipinski definition) is 1. The standard InChI is InChI=1S/C14H21FN2O/c1-10-8-17(9-11(2)18-10)14-5-3-4-13(15)12(14)6-7-16/h3-5,10-11H,6-9,16H2,1-2H3/t10-,11+. The van der Waals surface area contributed by atoms with Gasteiger partial charge in [-0.1, -0.05) is 6.07 Å². The summed E-state index contributed by atoms with van der Waals surface area (Å²) in [6, 6.07) is 5.23. The Morgan fingerprint density at radius 3 is 2.61 bits per heavy atom. The fourth-order valence-electron chi connectivity index (χ4n) is 2.61. The zero-order valence-electron chi connectivity index (χ0n) is 11.0. The monoisotopic (exact) mass is 252 g/mol. The number of morpholine rings is 1. The summed E-state index contributed by atoms with van der Waals surface area (Å²) in [5.74, 6) is -0.162. The van der Waals surface area contributed by atoms with E-state index in [-0.39, 0.29) is 18.0 Å². The normalized spacial score (nSPS) is 24.3. The Morgan fingerprint density at radius 1 is 1.33 bits per heavy atom. The summed E-state index contributed by atoms with van der Waals surface area (Å²) in [4.78, 5) is 2.20. The maximum atomic E-state index is 13.9. The van der Waals surface area contributed by atoms with E-state index in [2.05, 4.69) is 4.90 Å². The topological polar surface area (TPSA) is 38.5 Å². The summed E-state index contributed by atoms with van der Waals surface area (Å²) in [6.45, 7) is 6.15. The van der Waals surface area contributed by atoms with E-state index in [1.54, 1.807) is 6.07 Å². The molecule has 4 heteroatoms. The van der Waals surface area contributed by atoms with E-state index >= 15 is 0 Å². The van der Waals surface area contributed by atoms with Crippen molar-refractivity contribution >= 4 is 5.69 Å². The van der Waals surface area contributed by atoms with Gasteiger partial charge in [-0.25, -0.2) is 4.39 Å². The molecule has 0 amide bonds. The number of anilines is 1. The second kappa shape index (κ2) is 5.67. The van der Waals surface area contributed by atoms with Gasteiger partial charge < -0.3 is 15.4 Å². The lowest BCUT2D eigenvalue weighted by Crippen LogP contribution is -2.46. The molecule has 0 spiro atoms. The number of benzene rings is 1. The van der Waals surface area contributed by atoms with Crippen LogP contribution in [0.15, 0.2) is 18.2 Å². The predicted octanol–water partition coefficient (Wildman–Crippen LogP) is 1.94. The van der Waals surface area contributed by atoms with E-state index in [1.807, 2.05) is 19.9 Å². The molecule has 1 aliphatic rings. The first-order valence-electron chi connectivity index (χ1n) is 6.49. The molecule has 18 heavy (non-hydrogen) atoms. The van der Waals surface area contributed by atoms with Crippen LogP contribution in [0, 0.1) is 5.82 Å². The van der Waals surface area contributed by atoms with E-state index in [4.69, 9.17) is 10.5 Å². The van der Waals surface area contributed by atoms with Gasteiger partial charge in [0, 0.05) is 24.3 Å². The lowest BCUT2D eigenvalue weighted by molar-refractivity contribution is -0.00528. The van der Waals surface area contributed by atoms with Crippen LogP contribution in [-0.4, -0.2) is 31.8 Å². The third-order valence-corrected chi connectivity index (χ3v) is 3.25. The van der Waals surface area contributed by atoms with Crippen LogP contribution < -0.4 is 10.6 Å². The van der Waals surface area contributed by atoms with Gasteiger partial charge in [-0.3, -0.25) is 0 Å². The van der Waals surface area contributed by atoms with Gasteiger partial charge in [-0.2, -0.15) is 0 Å². The van der Waals surface area contributed by atoms with E-state index in [0.717, 1.165) is 24.3 Å². The molecule has 1 saturated heterocycles. The Balaban J connectivity index is 2.29. The van der Waals surface area contributed by atoms with Crippen molar-refractivity contribution in [3.8, 4) is 0 Å². The molecule has 0 saturated carbocycles. The molecule has 0 aliphatic carbocycles. The second-order valence-electron chi connectivity index (χ2n) is 4.94. The maximum Gasteiger partial charge on any atom is 0.128 e. The lowest BCUT2D eigenvalue weighted by atomic mass is 10.1. The SMILES string of the molecule is C[C@@H]1CN(c2cccc(F)c2CCN)C[C@H](C)O1. The van der Waals surface area contributed by atoms with Crippen LogP contribution in [0.25, 0.3) is 0 Å². The zero-order valence-corrected chi connectivity index (χ0v) is 11.0. The first-order chi connectivity index (χ1) is 8.61. The average Bonchev–Trinajstić information content (AvgIpc) is 2.30. The second-order valence-corrected chi connectivity index (χ2v) is 4.94. The van der Waals surface area contributed by atoms with Gasteiger partial charge in [-0.05, 0) is 38.9 Å². The number of halogens is 1. The highest BCUT2D eigenvalue weighted by molar-refractivity contribution is 5.55. The molecule has 0 aromatic heterocycles. The Labute approximate surface area is 108 Å². The van der Waals surface area contributed by atoms with Crippen molar-refractivity contribution in [2.75, 3.05) is 24.5 Å². The van der Waals surface area contributed by atoms with Crippen molar-refractivity contribution in [1.82, 2.24) is 0 Å². The summed E-state index contributed by atoms with van der Waals surface area (Å²) in [6.07, 6.45) is 0.910. The Hall–Kier alpha value is -1.13. The molecule has 1 aromatic carbocycles. The largest absolute Gasteiger partial charge is 0.372 e. The highest BCUT2D eigenvalue weighted by Gasteiger charge is 2.24. The van der Waals surface area contributed by atoms with Crippen LogP contribution in [0.1, 0.15) is 19.4 Å². The van der Waals surface area contributed by atoms with E-state index in [1.165, 1.54) is 6.07 Å². The molecule has 0 radical (unpaired) electrons. The van der Waals surface area contributed by atoms with E-state index in [0.29, 0.717) is 13.0 Å². The highest BCUT2D eigenvalue weighted by atomic mass is 19.1. The fraction of sp³-hybridized carbons (Fsp3) is 0.571. The fourth-order valence-corrected chi connectivity index (χ4v) is 2.61. The first kappa shape index (κ1) is 13.3. The molecule has 0 unspecified atom stereocenters. The Kier molecular flexibility index (Phi) is 4.19. The molecule has 2 N–H and O–H groups in total. The summed E-state index contributed by atoms with van der Waals surface area (Å²) >= 11 is 0. The van der Waals surface area contributed by atoms with Crippen LogP contribution in [0.5, 0.6) is 0 Å². The van der Waals surface area contributed by atoms with Crippen LogP contribution in [0.3, 0.4) is 0 Å². The number of nitrogens with two attached hydrogens (primary N) is 1. The van der Waals surface area contributed by atoms with Gasteiger partial charge in [-0.15, -0.1) is 0 Å². The molecule has 1 heterocycles. The molecular formula is C14H21FN2O. The number of hydrogen-bond acceptors (Lipinski definition) is 3.